The van der Waals surface area contributed by atoms with Crippen molar-refractivity contribution in [2.75, 3.05) is 19.6 Å². The first kappa shape index (κ1) is 18.0. The fraction of sp³-hybridized carbons (Fsp3) is 0.556. The van der Waals surface area contributed by atoms with Crippen molar-refractivity contribution in [2.24, 2.45) is 5.16 Å². The van der Waals surface area contributed by atoms with Crippen molar-refractivity contribution in [3.63, 3.8) is 0 Å². The van der Waals surface area contributed by atoms with E-state index in [1.165, 1.54) is 0 Å². The molecule has 0 aliphatic carbocycles. The van der Waals surface area contributed by atoms with Crippen LogP contribution >= 0.6 is 11.6 Å². The van der Waals surface area contributed by atoms with Crippen LogP contribution in [0, 0.1) is 0 Å². The predicted molar refractivity (Wildman–Crippen MR) is 97.1 cm³/mol. The van der Waals surface area contributed by atoms with E-state index in [9.17, 15) is 4.79 Å². The molecule has 6 nitrogen and oxygen atoms in total. The summed E-state index contributed by atoms with van der Waals surface area (Å²) < 4.78 is 6.14. The average Bonchev–Trinajstić information content (AvgIpc) is 3.10. The Morgan fingerprint density at radius 2 is 2.12 bits per heavy atom. The van der Waals surface area contributed by atoms with E-state index in [0.717, 1.165) is 31.6 Å². The standard InChI is InChI=1S/C18H24ClN3O3/c1-2-14-11-16(25-22-14)12-21-17(23)18(7-9-20-10-8-18)24-15-5-3-13(19)4-6-15/h3-6,16,20H,2,7-12H2,1H3,(H,21,23)/t16-/m1/s1. The van der Waals surface area contributed by atoms with Gasteiger partial charge in [0.2, 0.25) is 0 Å². The maximum atomic E-state index is 12.9. The van der Waals surface area contributed by atoms with Crippen molar-refractivity contribution in [2.45, 2.75) is 44.3 Å². The molecule has 2 aliphatic rings. The van der Waals surface area contributed by atoms with Crippen LogP contribution in [-0.2, 0) is 9.63 Å². The summed E-state index contributed by atoms with van der Waals surface area (Å²) in [7, 11) is 0. The second kappa shape index (κ2) is 8.06. The maximum absolute atomic E-state index is 12.9. The Hall–Kier alpha value is -1.79. The van der Waals surface area contributed by atoms with Gasteiger partial charge in [-0.1, -0.05) is 23.7 Å². The van der Waals surface area contributed by atoms with Gasteiger partial charge in [0.1, 0.15) is 11.9 Å². The van der Waals surface area contributed by atoms with Crippen LogP contribution in [0.4, 0.5) is 0 Å². The lowest BCUT2D eigenvalue weighted by Gasteiger charge is -2.36. The molecule has 1 atom stereocenters. The average molecular weight is 366 g/mol. The number of nitrogens with one attached hydrogen (secondary N) is 2. The quantitative estimate of drug-likeness (QED) is 0.812. The van der Waals surface area contributed by atoms with Crippen molar-refractivity contribution in [1.29, 1.82) is 0 Å². The van der Waals surface area contributed by atoms with Crippen LogP contribution in [0.5, 0.6) is 5.75 Å². The lowest BCUT2D eigenvalue weighted by molar-refractivity contribution is -0.139. The Morgan fingerprint density at radius 3 is 2.76 bits per heavy atom. The van der Waals surface area contributed by atoms with Crippen molar-refractivity contribution >= 4 is 23.2 Å². The number of nitrogens with zero attached hydrogens (tertiary/aromatic N) is 1. The SMILES string of the molecule is CCC1=NO[C@@H](CNC(=O)C2(Oc3ccc(Cl)cc3)CCNCC2)C1. The molecule has 25 heavy (non-hydrogen) atoms. The van der Waals surface area contributed by atoms with Gasteiger partial charge in [0.05, 0.1) is 12.3 Å². The van der Waals surface area contributed by atoms with Crippen LogP contribution in [-0.4, -0.2) is 43.0 Å². The van der Waals surface area contributed by atoms with Crippen LogP contribution in [0.3, 0.4) is 0 Å². The van der Waals surface area contributed by atoms with Gasteiger partial charge in [0.15, 0.2) is 5.60 Å². The van der Waals surface area contributed by atoms with Crippen LogP contribution in [0.15, 0.2) is 29.4 Å². The number of benzene rings is 1. The normalized spacial score (nSPS) is 22.0. The van der Waals surface area contributed by atoms with Gasteiger partial charge in [-0.05, 0) is 43.8 Å². The molecule has 0 bridgehead atoms. The first-order valence-corrected chi connectivity index (χ1v) is 9.14. The van der Waals surface area contributed by atoms with Gasteiger partial charge in [0, 0.05) is 24.3 Å². The van der Waals surface area contributed by atoms with Gasteiger partial charge in [0.25, 0.3) is 5.91 Å². The molecule has 7 heteroatoms. The highest BCUT2D eigenvalue weighted by Gasteiger charge is 2.42. The van der Waals surface area contributed by atoms with Crippen molar-refractivity contribution in [3.05, 3.63) is 29.3 Å². The minimum absolute atomic E-state index is 0.0896. The number of rotatable bonds is 6. The summed E-state index contributed by atoms with van der Waals surface area (Å²) in [5, 5.41) is 10.9. The Labute approximate surface area is 152 Å². The third kappa shape index (κ3) is 4.44. The summed E-state index contributed by atoms with van der Waals surface area (Å²) in [6.45, 7) is 3.96. The molecule has 3 rings (SSSR count). The Balaban J connectivity index is 1.63. The molecule has 1 aromatic rings. The number of carbonyl (C=O) groups excluding carboxylic acids is 1. The topological polar surface area (TPSA) is 72.0 Å². The summed E-state index contributed by atoms with van der Waals surface area (Å²) in [4.78, 5) is 18.3. The van der Waals surface area contributed by atoms with Crippen LogP contribution in [0.2, 0.25) is 5.02 Å². The number of hydrogen-bond acceptors (Lipinski definition) is 5. The first-order valence-electron chi connectivity index (χ1n) is 8.76. The van der Waals surface area contributed by atoms with Gasteiger partial charge < -0.3 is 20.2 Å². The fourth-order valence-corrected chi connectivity index (χ4v) is 3.23. The lowest BCUT2D eigenvalue weighted by atomic mass is 9.90. The van der Waals surface area contributed by atoms with Crippen molar-refractivity contribution in [3.8, 4) is 5.75 Å². The van der Waals surface area contributed by atoms with Gasteiger partial charge in [-0.2, -0.15) is 0 Å². The zero-order valence-corrected chi connectivity index (χ0v) is 15.1. The number of ether oxygens (including phenoxy) is 1. The molecule has 0 aromatic heterocycles. The van der Waals surface area contributed by atoms with Crippen LogP contribution < -0.4 is 15.4 Å². The molecule has 1 fully saturated rings. The lowest BCUT2D eigenvalue weighted by Crippen LogP contribution is -2.57. The number of piperidine rings is 1. The highest BCUT2D eigenvalue weighted by molar-refractivity contribution is 6.30. The molecule has 1 saturated heterocycles. The first-order chi connectivity index (χ1) is 12.1. The number of oxime groups is 1. The van der Waals surface area contributed by atoms with E-state index in [1.54, 1.807) is 24.3 Å². The minimum atomic E-state index is -0.869. The zero-order valence-electron chi connectivity index (χ0n) is 14.4. The molecule has 2 aliphatic heterocycles. The highest BCUT2D eigenvalue weighted by atomic mass is 35.5. The third-order valence-corrected chi connectivity index (χ3v) is 4.90. The Bertz CT molecular complexity index is 627. The molecular formula is C18H24ClN3O3. The molecule has 0 radical (unpaired) electrons. The largest absolute Gasteiger partial charge is 0.477 e. The van der Waals surface area contributed by atoms with Crippen LogP contribution in [0.25, 0.3) is 0 Å². The van der Waals surface area contributed by atoms with Crippen LogP contribution in [0.1, 0.15) is 32.6 Å². The van der Waals surface area contributed by atoms with Gasteiger partial charge in [-0.15, -0.1) is 0 Å². The molecule has 2 N–H and O–H groups in total. The second-order valence-corrected chi connectivity index (χ2v) is 6.89. The van der Waals surface area contributed by atoms with Gasteiger partial charge in [-0.3, -0.25) is 4.79 Å². The molecule has 0 saturated carbocycles. The van der Waals surface area contributed by atoms with E-state index in [-0.39, 0.29) is 12.0 Å². The molecule has 136 valence electrons. The van der Waals surface area contributed by atoms with Gasteiger partial charge in [-0.25, -0.2) is 0 Å². The van der Waals surface area contributed by atoms with E-state index in [0.29, 0.717) is 30.2 Å². The van der Waals surface area contributed by atoms with E-state index < -0.39 is 5.60 Å². The van der Waals surface area contributed by atoms with Crippen molar-refractivity contribution < 1.29 is 14.4 Å². The molecule has 2 heterocycles. The Kier molecular flexibility index (Phi) is 5.81. The molecule has 0 spiro atoms. The van der Waals surface area contributed by atoms with E-state index in [4.69, 9.17) is 21.2 Å². The summed E-state index contributed by atoms with van der Waals surface area (Å²) in [6.07, 6.45) is 2.78. The molecule has 1 amide bonds. The van der Waals surface area contributed by atoms with E-state index in [1.807, 2.05) is 6.92 Å². The number of hydrogen-bond donors (Lipinski definition) is 2. The molecular weight excluding hydrogens is 342 g/mol. The van der Waals surface area contributed by atoms with E-state index >= 15 is 0 Å². The number of amides is 1. The van der Waals surface area contributed by atoms with Gasteiger partial charge >= 0.3 is 0 Å². The smallest absolute Gasteiger partial charge is 0.264 e. The predicted octanol–water partition coefficient (Wildman–Crippen LogP) is 2.51. The fourth-order valence-electron chi connectivity index (χ4n) is 3.11. The molecule has 0 unspecified atom stereocenters. The second-order valence-electron chi connectivity index (χ2n) is 6.45. The summed E-state index contributed by atoms with van der Waals surface area (Å²) in [5.74, 6) is 0.549. The summed E-state index contributed by atoms with van der Waals surface area (Å²) in [6, 6.07) is 7.11. The zero-order chi connectivity index (χ0) is 17.7. The number of carbonyl (C=O) groups is 1. The number of halogens is 1. The van der Waals surface area contributed by atoms with Crippen molar-refractivity contribution in [1.82, 2.24) is 10.6 Å². The molecule has 1 aromatic carbocycles. The van der Waals surface area contributed by atoms with E-state index in [2.05, 4.69) is 15.8 Å². The third-order valence-electron chi connectivity index (χ3n) is 4.64. The summed E-state index contributed by atoms with van der Waals surface area (Å²) in [5.41, 5.74) is 0.166. The monoisotopic (exact) mass is 365 g/mol. The summed E-state index contributed by atoms with van der Waals surface area (Å²) >= 11 is 5.93. The maximum Gasteiger partial charge on any atom is 0.264 e. The highest BCUT2D eigenvalue weighted by Crippen LogP contribution is 2.28. The minimum Gasteiger partial charge on any atom is -0.477 e. The Morgan fingerprint density at radius 1 is 1.40 bits per heavy atom.